The van der Waals surface area contributed by atoms with Gasteiger partial charge in [-0.05, 0) is 6.07 Å². The first-order valence-electron chi connectivity index (χ1n) is 5.09. The van der Waals surface area contributed by atoms with Crippen LogP contribution in [0.3, 0.4) is 0 Å². The minimum Gasteiger partial charge on any atom is -0.478 e. The van der Waals surface area contributed by atoms with Crippen molar-refractivity contribution in [2.45, 2.75) is 12.2 Å². The number of aliphatic hydroxyl groups excluding tert-OH is 2. The van der Waals surface area contributed by atoms with E-state index in [9.17, 15) is 15.0 Å². The lowest BCUT2D eigenvalue weighted by Gasteiger charge is -2.18. The number of carboxylic acid groups (broad SMARTS) is 1. The topological polar surface area (TPSA) is 120 Å². The predicted octanol–water partition coefficient (Wildman–Crippen LogP) is -1.10. The van der Waals surface area contributed by atoms with Gasteiger partial charge in [0.25, 0.3) is 0 Å². The van der Waals surface area contributed by atoms with Crippen molar-refractivity contribution >= 4 is 17.5 Å². The highest BCUT2D eigenvalue weighted by Gasteiger charge is 2.31. The number of anilines is 2. The van der Waals surface area contributed by atoms with Gasteiger partial charge in [-0.2, -0.15) is 0 Å². The number of β-amino-alcohol motifs (C(OH)–C–C–N with tert-alkyl or cyclic N) is 2. The summed E-state index contributed by atoms with van der Waals surface area (Å²) in [4.78, 5) is 16.4. The molecule has 1 saturated heterocycles. The molecule has 2 heterocycles. The Hall–Kier alpha value is -1.86. The number of aromatic nitrogens is 1. The molecular weight excluding hydrogens is 226 g/mol. The van der Waals surface area contributed by atoms with Gasteiger partial charge in [0, 0.05) is 19.3 Å². The monoisotopic (exact) mass is 239 g/mol. The van der Waals surface area contributed by atoms with Gasteiger partial charge in [0.1, 0.15) is 0 Å². The van der Waals surface area contributed by atoms with E-state index in [0.717, 1.165) is 0 Å². The molecule has 2 atom stereocenters. The fourth-order valence-corrected chi connectivity index (χ4v) is 1.84. The lowest BCUT2D eigenvalue weighted by Crippen LogP contribution is -2.24. The van der Waals surface area contributed by atoms with Gasteiger partial charge >= 0.3 is 5.97 Å². The summed E-state index contributed by atoms with van der Waals surface area (Å²) in [5.74, 6) is -0.855. The first kappa shape index (κ1) is 11.6. The molecule has 0 aromatic carbocycles. The van der Waals surface area contributed by atoms with E-state index in [2.05, 4.69) is 4.98 Å². The molecule has 0 saturated carbocycles. The third-order valence-corrected chi connectivity index (χ3v) is 2.76. The summed E-state index contributed by atoms with van der Waals surface area (Å²) in [5, 5.41) is 27.8. The van der Waals surface area contributed by atoms with E-state index in [-0.39, 0.29) is 30.2 Å². The van der Waals surface area contributed by atoms with Crippen LogP contribution in [0.5, 0.6) is 0 Å². The molecule has 0 spiro atoms. The molecule has 0 bridgehead atoms. The van der Waals surface area contributed by atoms with Crippen LogP contribution < -0.4 is 10.6 Å². The summed E-state index contributed by atoms with van der Waals surface area (Å²) >= 11 is 0. The highest BCUT2D eigenvalue weighted by molar-refractivity contribution is 5.96. The molecule has 1 aliphatic rings. The van der Waals surface area contributed by atoms with Gasteiger partial charge in [0.05, 0.1) is 23.5 Å². The zero-order valence-electron chi connectivity index (χ0n) is 8.95. The average molecular weight is 239 g/mol. The lowest BCUT2D eigenvalue weighted by atomic mass is 10.2. The number of aromatic carboxylic acids is 1. The number of aliphatic hydroxyl groups is 2. The molecule has 17 heavy (non-hydrogen) atoms. The molecule has 1 fully saturated rings. The van der Waals surface area contributed by atoms with Gasteiger partial charge < -0.3 is 26.0 Å². The van der Waals surface area contributed by atoms with Crippen LogP contribution in [-0.2, 0) is 0 Å². The Morgan fingerprint density at radius 3 is 2.53 bits per heavy atom. The maximum Gasteiger partial charge on any atom is 0.337 e. The molecule has 1 aromatic rings. The first-order chi connectivity index (χ1) is 8.00. The molecule has 2 rings (SSSR count). The van der Waals surface area contributed by atoms with Crippen LogP contribution in [0.15, 0.2) is 12.3 Å². The van der Waals surface area contributed by atoms with Crippen molar-refractivity contribution in [3.8, 4) is 0 Å². The summed E-state index contributed by atoms with van der Waals surface area (Å²) in [7, 11) is 0. The second-order valence-corrected chi connectivity index (χ2v) is 3.94. The largest absolute Gasteiger partial charge is 0.478 e. The molecular formula is C10H13N3O4. The van der Waals surface area contributed by atoms with Crippen LogP contribution in [0.2, 0.25) is 0 Å². The van der Waals surface area contributed by atoms with E-state index < -0.39 is 18.2 Å². The fourth-order valence-electron chi connectivity index (χ4n) is 1.84. The van der Waals surface area contributed by atoms with Crippen LogP contribution >= 0.6 is 0 Å². The highest BCUT2D eigenvalue weighted by atomic mass is 16.4. The van der Waals surface area contributed by atoms with Crippen LogP contribution in [0.4, 0.5) is 11.5 Å². The zero-order chi connectivity index (χ0) is 12.6. The van der Waals surface area contributed by atoms with Gasteiger partial charge in [0.15, 0.2) is 5.82 Å². The van der Waals surface area contributed by atoms with E-state index in [1.807, 2.05) is 0 Å². The van der Waals surface area contributed by atoms with E-state index >= 15 is 0 Å². The zero-order valence-corrected chi connectivity index (χ0v) is 8.95. The first-order valence-corrected chi connectivity index (χ1v) is 5.09. The van der Waals surface area contributed by atoms with Gasteiger partial charge in [-0.15, -0.1) is 0 Å². The second-order valence-electron chi connectivity index (χ2n) is 3.94. The number of rotatable bonds is 2. The number of carbonyl (C=O) groups is 1. The van der Waals surface area contributed by atoms with E-state index in [1.54, 1.807) is 4.90 Å². The standard InChI is InChI=1S/C10H13N3O4/c11-8-5(10(16)17)1-2-12-9(8)13-3-6(14)7(15)4-13/h1-2,6-7,14-15H,3-4,11H2,(H,16,17). The lowest BCUT2D eigenvalue weighted by molar-refractivity contribution is 0.0572. The van der Waals surface area contributed by atoms with Crippen molar-refractivity contribution < 1.29 is 20.1 Å². The molecule has 1 aromatic heterocycles. The number of pyridine rings is 1. The van der Waals surface area contributed by atoms with Gasteiger partial charge in [-0.1, -0.05) is 0 Å². The third kappa shape index (κ3) is 2.02. The molecule has 7 nitrogen and oxygen atoms in total. The number of nitrogen functional groups attached to an aromatic ring is 1. The molecule has 0 amide bonds. The summed E-state index contributed by atoms with van der Waals surface area (Å²) in [5.41, 5.74) is 5.71. The Labute approximate surface area is 97.1 Å². The van der Waals surface area contributed by atoms with Crippen molar-refractivity contribution in [1.29, 1.82) is 0 Å². The average Bonchev–Trinajstić information content (AvgIpc) is 2.59. The minimum atomic E-state index is -1.13. The molecule has 1 aliphatic heterocycles. The molecule has 0 radical (unpaired) electrons. The molecule has 5 N–H and O–H groups in total. The number of nitrogens with zero attached hydrogens (tertiary/aromatic N) is 2. The summed E-state index contributed by atoms with van der Waals surface area (Å²) in [6.45, 7) is 0.364. The quantitative estimate of drug-likeness (QED) is 0.517. The normalized spacial score (nSPS) is 24.0. The minimum absolute atomic E-state index is 0.0362. The Morgan fingerprint density at radius 1 is 1.41 bits per heavy atom. The highest BCUT2D eigenvalue weighted by Crippen LogP contribution is 2.27. The van der Waals surface area contributed by atoms with Crippen molar-refractivity contribution in [1.82, 2.24) is 4.98 Å². The van der Waals surface area contributed by atoms with E-state index in [4.69, 9.17) is 10.8 Å². The maximum atomic E-state index is 10.9. The fraction of sp³-hybridized carbons (Fsp3) is 0.400. The Balaban J connectivity index is 2.34. The molecule has 0 aliphatic carbocycles. The van der Waals surface area contributed by atoms with Gasteiger partial charge in [-0.25, -0.2) is 9.78 Å². The number of nitrogens with two attached hydrogens (primary N) is 1. The van der Waals surface area contributed by atoms with Gasteiger partial charge in [0.2, 0.25) is 0 Å². The predicted molar refractivity (Wildman–Crippen MR) is 59.8 cm³/mol. The van der Waals surface area contributed by atoms with E-state index in [1.165, 1.54) is 12.3 Å². The van der Waals surface area contributed by atoms with Crippen LogP contribution in [0.25, 0.3) is 0 Å². The van der Waals surface area contributed by atoms with Crippen LogP contribution in [0.1, 0.15) is 10.4 Å². The van der Waals surface area contributed by atoms with Crippen molar-refractivity contribution in [2.24, 2.45) is 0 Å². The number of hydrogen-bond donors (Lipinski definition) is 4. The number of hydrogen-bond acceptors (Lipinski definition) is 6. The van der Waals surface area contributed by atoms with Crippen molar-refractivity contribution in [3.05, 3.63) is 17.8 Å². The van der Waals surface area contributed by atoms with E-state index in [0.29, 0.717) is 0 Å². The third-order valence-electron chi connectivity index (χ3n) is 2.76. The number of carboxylic acids is 1. The molecule has 7 heteroatoms. The molecule has 92 valence electrons. The van der Waals surface area contributed by atoms with Crippen molar-refractivity contribution in [2.75, 3.05) is 23.7 Å². The smallest absolute Gasteiger partial charge is 0.337 e. The summed E-state index contributed by atoms with van der Waals surface area (Å²) in [6.07, 6.45) is -0.402. The Bertz CT molecular complexity index is 441. The Kier molecular flexibility index (Phi) is 2.86. The van der Waals surface area contributed by atoms with Gasteiger partial charge in [-0.3, -0.25) is 0 Å². The summed E-state index contributed by atoms with van der Waals surface area (Å²) < 4.78 is 0. The Morgan fingerprint density at radius 2 is 2.00 bits per heavy atom. The van der Waals surface area contributed by atoms with Crippen molar-refractivity contribution in [3.63, 3.8) is 0 Å². The second kappa shape index (κ2) is 4.19. The maximum absolute atomic E-state index is 10.9. The van der Waals surface area contributed by atoms with Crippen LogP contribution in [-0.4, -0.2) is 51.6 Å². The SMILES string of the molecule is Nc1c(C(=O)O)ccnc1N1CC(O)C(O)C1. The molecule has 2 unspecified atom stereocenters. The summed E-state index contributed by atoms with van der Waals surface area (Å²) in [6, 6.07) is 1.31. The van der Waals surface area contributed by atoms with Crippen LogP contribution in [0, 0.1) is 0 Å².